The summed E-state index contributed by atoms with van der Waals surface area (Å²) in [5, 5.41) is 3.24. The number of benzene rings is 3. The summed E-state index contributed by atoms with van der Waals surface area (Å²) in [5.41, 5.74) is 2.66. The molecule has 0 spiro atoms. The lowest BCUT2D eigenvalue weighted by atomic mass is 9.72. The number of hydrogen-bond donors (Lipinski definition) is 1. The summed E-state index contributed by atoms with van der Waals surface area (Å²) in [6.45, 7) is 10.7. The van der Waals surface area contributed by atoms with Crippen molar-refractivity contribution in [3.05, 3.63) is 95.8 Å². The van der Waals surface area contributed by atoms with Crippen molar-refractivity contribution in [2.45, 2.75) is 83.3 Å². The van der Waals surface area contributed by atoms with Crippen LogP contribution in [-0.4, -0.2) is 48.1 Å². The zero-order valence-corrected chi connectivity index (χ0v) is 25.5. The van der Waals surface area contributed by atoms with Gasteiger partial charge in [0, 0.05) is 30.1 Å². The van der Waals surface area contributed by atoms with E-state index in [0.29, 0.717) is 12.0 Å². The van der Waals surface area contributed by atoms with Crippen molar-refractivity contribution >= 4 is 11.9 Å². The number of carbonyl (C=O) groups excluding carboxylic acids is 2. The first-order valence-corrected chi connectivity index (χ1v) is 15.2. The van der Waals surface area contributed by atoms with Crippen molar-refractivity contribution in [1.82, 2.24) is 10.2 Å². The van der Waals surface area contributed by atoms with E-state index in [1.807, 2.05) is 63.2 Å². The van der Waals surface area contributed by atoms with Crippen molar-refractivity contribution in [3.63, 3.8) is 0 Å². The quantitative estimate of drug-likeness (QED) is 0.241. The van der Waals surface area contributed by atoms with Gasteiger partial charge >= 0.3 is 5.97 Å². The summed E-state index contributed by atoms with van der Waals surface area (Å²) < 4.78 is 19.2. The molecule has 42 heavy (non-hydrogen) atoms. The van der Waals surface area contributed by atoms with Crippen molar-refractivity contribution in [2.75, 3.05) is 19.6 Å². The third-order valence-electron chi connectivity index (χ3n) is 8.35. The third kappa shape index (κ3) is 8.51. The van der Waals surface area contributed by atoms with Gasteiger partial charge in [-0.25, -0.2) is 4.39 Å². The van der Waals surface area contributed by atoms with Crippen LogP contribution in [0.1, 0.15) is 82.1 Å². The summed E-state index contributed by atoms with van der Waals surface area (Å²) in [5.74, 6) is -0.534. The van der Waals surface area contributed by atoms with E-state index in [-0.39, 0.29) is 29.2 Å². The molecule has 0 aliphatic carbocycles. The van der Waals surface area contributed by atoms with E-state index in [2.05, 4.69) is 29.3 Å². The molecule has 1 amide bonds. The Morgan fingerprint density at radius 1 is 0.929 bits per heavy atom. The first kappa shape index (κ1) is 31.4. The highest BCUT2D eigenvalue weighted by atomic mass is 19.1. The first-order chi connectivity index (χ1) is 20.1. The van der Waals surface area contributed by atoms with E-state index in [1.54, 1.807) is 12.1 Å². The number of carbonyl (C=O) groups is 2. The number of ether oxygens (including phenoxy) is 1. The predicted molar refractivity (Wildman–Crippen MR) is 167 cm³/mol. The molecule has 1 unspecified atom stereocenters. The van der Waals surface area contributed by atoms with Crippen molar-refractivity contribution < 1.29 is 18.7 Å². The summed E-state index contributed by atoms with van der Waals surface area (Å²) in [6.07, 6.45) is 4.90. The van der Waals surface area contributed by atoms with E-state index >= 15 is 0 Å². The lowest BCUT2D eigenvalue weighted by Crippen LogP contribution is -2.45. The maximum Gasteiger partial charge on any atom is 0.307 e. The molecule has 0 aromatic heterocycles. The largest absolute Gasteiger partial charge is 0.460 e. The maximum atomic E-state index is 13.4. The Kier molecular flexibility index (Phi) is 10.6. The van der Waals surface area contributed by atoms with Crippen LogP contribution in [0.25, 0.3) is 11.1 Å². The highest BCUT2D eigenvalue weighted by Crippen LogP contribution is 2.37. The molecule has 1 fully saturated rings. The van der Waals surface area contributed by atoms with Crippen molar-refractivity contribution in [3.8, 4) is 11.1 Å². The van der Waals surface area contributed by atoms with E-state index in [9.17, 15) is 14.0 Å². The normalized spacial score (nSPS) is 16.0. The van der Waals surface area contributed by atoms with Crippen molar-refractivity contribution in [2.24, 2.45) is 0 Å². The molecule has 1 N–H and O–H groups in total. The number of rotatable bonds is 11. The van der Waals surface area contributed by atoms with Crippen LogP contribution in [0, 0.1) is 5.82 Å². The molecule has 1 atom stereocenters. The highest BCUT2D eigenvalue weighted by Gasteiger charge is 2.35. The molecular formula is C36H45FN2O3. The van der Waals surface area contributed by atoms with Gasteiger partial charge in [0.1, 0.15) is 11.4 Å². The van der Waals surface area contributed by atoms with Gasteiger partial charge in [0.25, 0.3) is 5.91 Å². The maximum absolute atomic E-state index is 13.4. The number of piperidine rings is 1. The molecule has 1 heterocycles. The second-order valence-electron chi connectivity index (χ2n) is 12.5. The molecular weight excluding hydrogens is 527 g/mol. The fraction of sp³-hybridized carbons (Fsp3) is 0.444. The number of esters is 1. The van der Waals surface area contributed by atoms with E-state index in [1.165, 1.54) is 17.7 Å². The van der Waals surface area contributed by atoms with Crippen LogP contribution >= 0.6 is 0 Å². The van der Waals surface area contributed by atoms with Gasteiger partial charge in [0.05, 0.1) is 6.42 Å². The second kappa shape index (κ2) is 14.1. The molecule has 3 aromatic rings. The number of likely N-dealkylation sites (tertiary alicyclic amines) is 1. The van der Waals surface area contributed by atoms with E-state index < -0.39 is 5.60 Å². The topological polar surface area (TPSA) is 58.6 Å². The Morgan fingerprint density at radius 2 is 1.57 bits per heavy atom. The Balaban J connectivity index is 1.31. The molecule has 224 valence electrons. The highest BCUT2D eigenvalue weighted by molar-refractivity contribution is 6.01. The molecule has 1 aliphatic heterocycles. The van der Waals surface area contributed by atoms with Gasteiger partial charge < -0.3 is 15.0 Å². The van der Waals surface area contributed by atoms with Gasteiger partial charge in [-0.3, -0.25) is 9.59 Å². The minimum atomic E-state index is -0.504. The molecule has 0 saturated carbocycles. The van der Waals surface area contributed by atoms with Crippen molar-refractivity contribution in [1.29, 1.82) is 0 Å². The molecule has 4 rings (SSSR count). The van der Waals surface area contributed by atoms with E-state index in [4.69, 9.17) is 4.74 Å². The lowest BCUT2D eigenvalue weighted by Gasteiger charge is -2.36. The van der Waals surface area contributed by atoms with Crippen LogP contribution in [0.2, 0.25) is 0 Å². The Hall–Kier alpha value is -3.51. The summed E-state index contributed by atoms with van der Waals surface area (Å²) in [4.78, 5) is 28.6. The van der Waals surface area contributed by atoms with Crippen LogP contribution in [0.3, 0.4) is 0 Å². The average Bonchev–Trinajstić information content (AvgIpc) is 2.97. The van der Waals surface area contributed by atoms with E-state index in [0.717, 1.165) is 62.9 Å². The number of nitrogens with zero attached hydrogens (tertiary/aromatic N) is 1. The first-order valence-electron chi connectivity index (χ1n) is 15.2. The third-order valence-corrected chi connectivity index (χ3v) is 8.35. The zero-order valence-electron chi connectivity index (χ0n) is 25.5. The molecule has 3 aromatic carbocycles. The lowest BCUT2D eigenvalue weighted by molar-refractivity contribution is -0.156. The zero-order chi connectivity index (χ0) is 30.2. The Bertz CT molecular complexity index is 1310. The molecule has 0 bridgehead atoms. The second-order valence-corrected chi connectivity index (χ2v) is 12.5. The van der Waals surface area contributed by atoms with Gasteiger partial charge in [-0.15, -0.1) is 0 Å². The number of amides is 1. The predicted octanol–water partition coefficient (Wildman–Crippen LogP) is 7.55. The fourth-order valence-corrected chi connectivity index (χ4v) is 6.05. The van der Waals surface area contributed by atoms with Crippen LogP contribution in [0.15, 0.2) is 78.9 Å². The molecule has 0 radical (unpaired) electrons. The van der Waals surface area contributed by atoms with Gasteiger partial charge in [0.15, 0.2) is 0 Å². The Labute approximate surface area is 250 Å². The van der Waals surface area contributed by atoms with Crippen LogP contribution in [0.5, 0.6) is 0 Å². The fourth-order valence-electron chi connectivity index (χ4n) is 6.05. The van der Waals surface area contributed by atoms with Gasteiger partial charge in [-0.05, 0) is 94.3 Å². The van der Waals surface area contributed by atoms with Gasteiger partial charge in [0.2, 0.25) is 0 Å². The smallest absolute Gasteiger partial charge is 0.307 e. The number of halogens is 1. The van der Waals surface area contributed by atoms with Gasteiger partial charge in [-0.1, -0.05) is 67.6 Å². The van der Waals surface area contributed by atoms with Gasteiger partial charge in [-0.2, -0.15) is 0 Å². The number of hydrogen-bond acceptors (Lipinski definition) is 4. The SMILES string of the molecule is CCC(CCCN1CCC(NC(=O)c2ccccc2-c2ccc(F)cc2)CC1)(CC(=O)OC(C)(C)C)c1ccccc1. The molecule has 1 saturated heterocycles. The monoisotopic (exact) mass is 572 g/mol. The summed E-state index contributed by atoms with van der Waals surface area (Å²) >= 11 is 0. The Morgan fingerprint density at radius 3 is 2.21 bits per heavy atom. The van der Waals surface area contributed by atoms with Crippen LogP contribution in [0.4, 0.5) is 4.39 Å². The molecule has 1 aliphatic rings. The summed E-state index contributed by atoms with van der Waals surface area (Å²) in [6, 6.07) is 24.2. The summed E-state index contributed by atoms with van der Waals surface area (Å²) in [7, 11) is 0. The standard InChI is InChI=1S/C36H45FN2O3/c1-5-36(28-12-7-6-8-13-28,26-33(40)42-35(2,3)4)22-11-23-39-24-20-30(21-25-39)38-34(41)32-15-10-9-14-31(32)27-16-18-29(37)19-17-27/h6-10,12-19,30H,5,11,20-26H2,1-4H3,(H,38,41). The minimum absolute atomic E-state index is 0.0916. The molecule has 5 nitrogen and oxygen atoms in total. The van der Waals surface area contributed by atoms with Crippen LogP contribution in [-0.2, 0) is 14.9 Å². The molecule has 6 heteroatoms. The number of nitrogens with one attached hydrogen (secondary N) is 1. The van der Waals surface area contributed by atoms with Crippen LogP contribution < -0.4 is 5.32 Å². The average molecular weight is 573 g/mol. The minimum Gasteiger partial charge on any atom is -0.460 e.